The molecule has 2 aromatic carbocycles. The number of benzene rings is 2. The Balaban J connectivity index is 1.67. The van der Waals surface area contributed by atoms with Gasteiger partial charge in [-0.25, -0.2) is 0 Å². The van der Waals surface area contributed by atoms with Crippen LogP contribution in [0.15, 0.2) is 48.5 Å². The number of nitrogens with one attached hydrogen (secondary N) is 1. The van der Waals surface area contributed by atoms with Gasteiger partial charge < -0.3 is 34.1 Å². The highest BCUT2D eigenvalue weighted by molar-refractivity contribution is 5.61. The Kier molecular flexibility index (Phi) is 13.6. The van der Waals surface area contributed by atoms with E-state index >= 15 is 0 Å². The van der Waals surface area contributed by atoms with Gasteiger partial charge in [-0.15, -0.1) is 0 Å². The zero-order valence-corrected chi connectivity index (χ0v) is 19.5. The summed E-state index contributed by atoms with van der Waals surface area (Å²) < 4.78 is 27.1. The average Bonchev–Trinajstić information content (AvgIpc) is 2.85. The minimum atomic E-state index is -0.447. The lowest BCUT2D eigenvalue weighted by Crippen LogP contribution is -2.14. The normalized spacial score (nSPS) is 11.8. The van der Waals surface area contributed by atoms with Crippen LogP contribution in [-0.4, -0.2) is 76.1 Å². The van der Waals surface area contributed by atoms with Crippen LogP contribution in [0.2, 0.25) is 0 Å². The van der Waals surface area contributed by atoms with Crippen molar-refractivity contribution >= 4 is 11.4 Å². The number of nitro benzene ring substituents is 1. The Morgan fingerprint density at radius 2 is 1.41 bits per heavy atom. The van der Waals surface area contributed by atoms with Gasteiger partial charge in [0.25, 0.3) is 5.69 Å². The molecule has 0 aromatic heterocycles. The number of aliphatic hydroxyl groups is 1. The molecule has 0 bridgehead atoms. The minimum Gasteiger partial charge on any atom is -0.489 e. The minimum absolute atomic E-state index is 0.00421. The Morgan fingerprint density at radius 3 is 1.97 bits per heavy atom. The summed E-state index contributed by atoms with van der Waals surface area (Å²) in [6, 6.07) is 14.4. The van der Waals surface area contributed by atoms with Crippen LogP contribution in [0.3, 0.4) is 0 Å². The Morgan fingerprint density at radius 1 is 0.853 bits per heavy atom. The molecule has 0 amide bonds. The number of ether oxygens (including phenoxy) is 5. The van der Waals surface area contributed by atoms with Crippen LogP contribution in [0.25, 0.3) is 0 Å². The Labute approximate surface area is 199 Å². The molecular weight excluding hydrogens is 444 g/mol. The third-order valence-corrected chi connectivity index (χ3v) is 4.68. The van der Waals surface area contributed by atoms with Crippen LogP contribution >= 0.6 is 0 Å². The van der Waals surface area contributed by atoms with E-state index in [0.717, 1.165) is 5.56 Å². The quantitative estimate of drug-likeness (QED) is 0.178. The first-order chi connectivity index (χ1) is 16.6. The van der Waals surface area contributed by atoms with Crippen molar-refractivity contribution in [2.24, 2.45) is 0 Å². The first-order valence-corrected chi connectivity index (χ1v) is 11.3. The lowest BCUT2D eigenvalue weighted by molar-refractivity contribution is -0.384. The summed E-state index contributed by atoms with van der Waals surface area (Å²) in [5.41, 5.74) is 1.73. The second-order valence-electron chi connectivity index (χ2n) is 7.24. The SMILES string of the molecule is CC(Nc1ccc([N+](=O)[O-])cc1OCCOCCOCCOCCOCCO)c1ccccc1. The number of hydrogen-bond acceptors (Lipinski definition) is 9. The molecule has 2 N–H and O–H groups in total. The van der Waals surface area contributed by atoms with Gasteiger partial charge >= 0.3 is 0 Å². The molecule has 1 atom stereocenters. The summed E-state index contributed by atoms with van der Waals surface area (Å²) in [6.07, 6.45) is 0. The third-order valence-electron chi connectivity index (χ3n) is 4.68. The van der Waals surface area contributed by atoms with Crippen molar-refractivity contribution in [3.63, 3.8) is 0 Å². The largest absolute Gasteiger partial charge is 0.489 e. The summed E-state index contributed by atoms with van der Waals surface area (Å²) in [5.74, 6) is 0.400. The summed E-state index contributed by atoms with van der Waals surface area (Å²) in [6.45, 7) is 5.50. The fraction of sp³-hybridized carbons (Fsp3) is 0.500. The number of aliphatic hydroxyl groups excluding tert-OH is 1. The molecule has 10 heteroatoms. The molecule has 0 fully saturated rings. The van der Waals surface area contributed by atoms with E-state index in [0.29, 0.717) is 64.3 Å². The van der Waals surface area contributed by atoms with Crippen LogP contribution in [0.4, 0.5) is 11.4 Å². The second-order valence-corrected chi connectivity index (χ2v) is 7.24. The molecule has 10 nitrogen and oxygen atoms in total. The average molecular weight is 479 g/mol. The molecular formula is C24H34N2O8. The number of nitrogens with zero attached hydrogens (tertiary/aromatic N) is 1. The van der Waals surface area contributed by atoms with E-state index in [-0.39, 0.29) is 24.9 Å². The van der Waals surface area contributed by atoms with Gasteiger partial charge in [0.1, 0.15) is 12.4 Å². The van der Waals surface area contributed by atoms with E-state index in [2.05, 4.69) is 5.32 Å². The van der Waals surface area contributed by atoms with Crippen molar-refractivity contribution in [1.29, 1.82) is 0 Å². The maximum Gasteiger partial charge on any atom is 0.273 e. The first kappa shape index (κ1) is 27.5. The molecule has 0 aliphatic carbocycles. The summed E-state index contributed by atoms with van der Waals surface area (Å²) in [4.78, 5) is 10.7. The van der Waals surface area contributed by atoms with E-state index in [1.54, 1.807) is 6.07 Å². The van der Waals surface area contributed by atoms with Crippen LogP contribution in [0.1, 0.15) is 18.5 Å². The highest BCUT2D eigenvalue weighted by atomic mass is 16.6. The predicted molar refractivity (Wildman–Crippen MR) is 127 cm³/mol. The smallest absolute Gasteiger partial charge is 0.273 e. The van der Waals surface area contributed by atoms with E-state index in [1.165, 1.54) is 12.1 Å². The molecule has 0 aliphatic rings. The lowest BCUT2D eigenvalue weighted by atomic mass is 10.1. The van der Waals surface area contributed by atoms with Gasteiger partial charge in [0, 0.05) is 12.1 Å². The topological polar surface area (TPSA) is 122 Å². The number of non-ortho nitro benzene ring substituents is 1. The monoisotopic (exact) mass is 478 g/mol. The third kappa shape index (κ3) is 10.9. The Bertz CT molecular complexity index is 822. The highest BCUT2D eigenvalue weighted by Crippen LogP contribution is 2.32. The fourth-order valence-electron chi connectivity index (χ4n) is 2.96. The van der Waals surface area contributed by atoms with Gasteiger partial charge in [0.15, 0.2) is 0 Å². The molecule has 0 radical (unpaired) electrons. The molecule has 188 valence electrons. The van der Waals surface area contributed by atoms with E-state index in [9.17, 15) is 10.1 Å². The van der Waals surface area contributed by atoms with E-state index < -0.39 is 4.92 Å². The van der Waals surface area contributed by atoms with Crippen molar-refractivity contribution in [2.45, 2.75) is 13.0 Å². The van der Waals surface area contributed by atoms with Gasteiger partial charge in [-0.3, -0.25) is 10.1 Å². The van der Waals surface area contributed by atoms with Crippen LogP contribution in [0.5, 0.6) is 5.75 Å². The van der Waals surface area contributed by atoms with Crippen LogP contribution in [-0.2, 0) is 18.9 Å². The van der Waals surface area contributed by atoms with Crippen molar-refractivity contribution in [3.8, 4) is 5.75 Å². The highest BCUT2D eigenvalue weighted by Gasteiger charge is 2.14. The summed E-state index contributed by atoms with van der Waals surface area (Å²) in [5, 5.41) is 23.1. The zero-order valence-electron chi connectivity index (χ0n) is 19.5. The molecule has 0 heterocycles. The maximum absolute atomic E-state index is 11.2. The summed E-state index contributed by atoms with van der Waals surface area (Å²) in [7, 11) is 0. The summed E-state index contributed by atoms with van der Waals surface area (Å²) >= 11 is 0. The standard InChI is InChI=1S/C24H34N2O8/c1-20(21-5-3-2-4-6-21)25-23-8-7-22(26(28)29)19-24(23)34-18-17-33-16-15-32-14-13-31-12-11-30-10-9-27/h2-8,19-20,25,27H,9-18H2,1H3. The molecule has 2 aromatic rings. The number of nitro groups is 1. The van der Waals surface area contributed by atoms with E-state index in [1.807, 2.05) is 37.3 Å². The van der Waals surface area contributed by atoms with Crippen molar-refractivity contribution in [2.75, 3.05) is 71.4 Å². The van der Waals surface area contributed by atoms with Gasteiger partial charge in [0.2, 0.25) is 0 Å². The van der Waals surface area contributed by atoms with Crippen molar-refractivity contribution in [1.82, 2.24) is 0 Å². The molecule has 34 heavy (non-hydrogen) atoms. The first-order valence-electron chi connectivity index (χ1n) is 11.3. The van der Waals surface area contributed by atoms with Crippen molar-refractivity contribution in [3.05, 3.63) is 64.2 Å². The molecule has 0 spiro atoms. The van der Waals surface area contributed by atoms with Gasteiger partial charge in [-0.1, -0.05) is 30.3 Å². The number of rotatable bonds is 19. The van der Waals surface area contributed by atoms with E-state index in [4.69, 9.17) is 28.8 Å². The van der Waals surface area contributed by atoms with Gasteiger partial charge in [-0.2, -0.15) is 0 Å². The predicted octanol–water partition coefficient (Wildman–Crippen LogP) is 3.21. The van der Waals surface area contributed by atoms with Crippen molar-refractivity contribution < 1.29 is 33.7 Å². The number of anilines is 1. The molecule has 2 rings (SSSR count). The molecule has 0 saturated heterocycles. The van der Waals surface area contributed by atoms with Gasteiger partial charge in [-0.05, 0) is 18.6 Å². The van der Waals surface area contributed by atoms with Crippen LogP contribution < -0.4 is 10.1 Å². The van der Waals surface area contributed by atoms with Crippen LogP contribution in [0, 0.1) is 10.1 Å². The molecule has 0 saturated carbocycles. The molecule has 1 unspecified atom stereocenters. The maximum atomic E-state index is 11.2. The lowest BCUT2D eigenvalue weighted by Gasteiger charge is -2.18. The second kappa shape index (κ2) is 16.8. The Hall–Kier alpha value is -2.76. The zero-order chi connectivity index (χ0) is 24.4. The van der Waals surface area contributed by atoms with Gasteiger partial charge in [0.05, 0.1) is 76.1 Å². The molecule has 0 aliphatic heterocycles. The number of hydrogen-bond donors (Lipinski definition) is 2. The fourth-order valence-corrected chi connectivity index (χ4v) is 2.96.